The van der Waals surface area contributed by atoms with E-state index in [2.05, 4.69) is 15.6 Å². The van der Waals surface area contributed by atoms with Gasteiger partial charge in [0, 0.05) is 12.0 Å². The maximum Gasteiger partial charge on any atom is 0.337 e. The second kappa shape index (κ2) is 8.47. The Kier molecular flexibility index (Phi) is 6.08. The molecule has 24 heavy (non-hydrogen) atoms. The van der Waals surface area contributed by atoms with Crippen molar-refractivity contribution in [2.45, 2.75) is 12.8 Å². The van der Waals surface area contributed by atoms with Crippen molar-refractivity contribution in [3.8, 4) is 0 Å². The zero-order valence-corrected chi connectivity index (χ0v) is 13.2. The van der Waals surface area contributed by atoms with E-state index in [1.165, 1.54) is 31.4 Å². The third kappa shape index (κ3) is 4.95. The van der Waals surface area contributed by atoms with Crippen LogP contribution >= 0.6 is 0 Å². The second-order valence-electron chi connectivity index (χ2n) is 5.06. The molecule has 2 aromatic carbocycles. The molecule has 2 amide bonds. The Morgan fingerprint density at radius 1 is 0.875 bits per heavy atom. The van der Waals surface area contributed by atoms with Crippen LogP contribution in [0.4, 0.5) is 0 Å². The lowest BCUT2D eigenvalue weighted by atomic mass is 10.1. The number of nitrogens with one attached hydrogen (secondary N) is 2. The van der Waals surface area contributed by atoms with Crippen molar-refractivity contribution in [1.29, 1.82) is 0 Å². The van der Waals surface area contributed by atoms with Crippen molar-refractivity contribution in [2.24, 2.45) is 0 Å². The number of rotatable bonds is 5. The van der Waals surface area contributed by atoms with Crippen molar-refractivity contribution in [3.05, 3.63) is 71.3 Å². The van der Waals surface area contributed by atoms with E-state index in [1.807, 2.05) is 30.3 Å². The van der Waals surface area contributed by atoms with Gasteiger partial charge in [0.1, 0.15) is 0 Å². The van der Waals surface area contributed by atoms with Crippen LogP contribution in [0, 0.1) is 0 Å². The first-order valence-corrected chi connectivity index (χ1v) is 7.41. The van der Waals surface area contributed by atoms with E-state index in [9.17, 15) is 14.4 Å². The molecule has 0 aliphatic carbocycles. The Morgan fingerprint density at radius 2 is 1.50 bits per heavy atom. The van der Waals surface area contributed by atoms with Crippen LogP contribution in [0.25, 0.3) is 0 Å². The number of aryl methyl sites for hydroxylation is 1. The van der Waals surface area contributed by atoms with E-state index in [4.69, 9.17) is 0 Å². The van der Waals surface area contributed by atoms with Crippen LogP contribution in [0.2, 0.25) is 0 Å². The summed E-state index contributed by atoms with van der Waals surface area (Å²) in [5.74, 6) is -1.21. The van der Waals surface area contributed by atoms with Gasteiger partial charge in [-0.3, -0.25) is 20.4 Å². The predicted molar refractivity (Wildman–Crippen MR) is 88.2 cm³/mol. The van der Waals surface area contributed by atoms with E-state index in [0.717, 1.165) is 5.56 Å². The smallest absolute Gasteiger partial charge is 0.337 e. The van der Waals surface area contributed by atoms with Gasteiger partial charge in [0.25, 0.3) is 5.91 Å². The number of hydrogen-bond acceptors (Lipinski definition) is 4. The first-order valence-electron chi connectivity index (χ1n) is 7.41. The lowest BCUT2D eigenvalue weighted by Gasteiger charge is -2.08. The highest BCUT2D eigenvalue weighted by Crippen LogP contribution is 2.05. The molecule has 0 aromatic heterocycles. The Bertz CT molecular complexity index is 712. The van der Waals surface area contributed by atoms with Crippen LogP contribution in [-0.2, 0) is 16.0 Å². The van der Waals surface area contributed by atoms with Gasteiger partial charge in [0.2, 0.25) is 5.91 Å². The molecule has 0 atom stereocenters. The van der Waals surface area contributed by atoms with Crippen LogP contribution < -0.4 is 10.9 Å². The van der Waals surface area contributed by atoms with Gasteiger partial charge in [-0.25, -0.2) is 4.79 Å². The summed E-state index contributed by atoms with van der Waals surface area (Å²) in [6.45, 7) is 0. The van der Waals surface area contributed by atoms with Gasteiger partial charge in [-0.05, 0) is 36.2 Å². The highest BCUT2D eigenvalue weighted by atomic mass is 16.5. The van der Waals surface area contributed by atoms with E-state index >= 15 is 0 Å². The third-order valence-electron chi connectivity index (χ3n) is 3.37. The van der Waals surface area contributed by atoms with E-state index < -0.39 is 11.9 Å². The molecular formula is C18H18N2O4. The number of methoxy groups -OCH3 is 1. The minimum Gasteiger partial charge on any atom is -0.465 e. The SMILES string of the molecule is COC(=O)c1ccc(C(=O)NNC(=O)CCc2ccccc2)cc1. The van der Waals surface area contributed by atoms with E-state index in [-0.39, 0.29) is 12.3 Å². The molecule has 6 nitrogen and oxygen atoms in total. The molecule has 0 fully saturated rings. The Morgan fingerprint density at radius 3 is 2.12 bits per heavy atom. The minimum atomic E-state index is -0.476. The molecule has 0 heterocycles. The fourth-order valence-corrected chi connectivity index (χ4v) is 2.04. The summed E-state index contributed by atoms with van der Waals surface area (Å²) in [5.41, 5.74) is 6.44. The summed E-state index contributed by atoms with van der Waals surface area (Å²) in [7, 11) is 1.29. The third-order valence-corrected chi connectivity index (χ3v) is 3.37. The Balaban J connectivity index is 1.79. The van der Waals surface area contributed by atoms with Crippen molar-refractivity contribution in [2.75, 3.05) is 7.11 Å². The molecule has 0 bridgehead atoms. The monoisotopic (exact) mass is 326 g/mol. The molecule has 6 heteroatoms. The van der Waals surface area contributed by atoms with Gasteiger partial charge >= 0.3 is 5.97 Å². The summed E-state index contributed by atoms with van der Waals surface area (Å²) < 4.78 is 4.58. The summed E-state index contributed by atoms with van der Waals surface area (Å²) in [6, 6.07) is 15.5. The van der Waals surface area contributed by atoms with Crippen LogP contribution in [0.5, 0.6) is 0 Å². The maximum atomic E-state index is 11.9. The number of benzene rings is 2. The fourth-order valence-electron chi connectivity index (χ4n) is 2.04. The lowest BCUT2D eigenvalue weighted by molar-refractivity contribution is -0.121. The molecule has 2 rings (SSSR count). The summed E-state index contributed by atoms with van der Waals surface area (Å²) in [6.07, 6.45) is 0.863. The van der Waals surface area contributed by atoms with E-state index in [0.29, 0.717) is 17.5 Å². The number of hydrazine groups is 1. The standard InChI is InChI=1S/C18H18N2O4/c1-24-18(23)15-10-8-14(9-11-15)17(22)20-19-16(21)12-7-13-5-3-2-4-6-13/h2-6,8-11H,7,12H2,1H3,(H,19,21)(H,20,22). The molecule has 0 radical (unpaired) electrons. The van der Waals surface area contributed by atoms with Crippen LogP contribution in [0.1, 0.15) is 32.7 Å². The van der Waals surface area contributed by atoms with Crippen LogP contribution in [-0.4, -0.2) is 24.9 Å². The molecular weight excluding hydrogens is 308 g/mol. The molecule has 2 aromatic rings. The average Bonchev–Trinajstić information content (AvgIpc) is 2.64. The summed E-state index contributed by atoms with van der Waals surface area (Å²) in [5, 5.41) is 0. The van der Waals surface area contributed by atoms with Crippen molar-refractivity contribution >= 4 is 17.8 Å². The van der Waals surface area contributed by atoms with Gasteiger partial charge in [-0.2, -0.15) is 0 Å². The van der Waals surface area contributed by atoms with Gasteiger partial charge in [0.15, 0.2) is 0 Å². The minimum absolute atomic E-state index is 0.269. The first kappa shape index (κ1) is 17.2. The van der Waals surface area contributed by atoms with Crippen LogP contribution in [0.3, 0.4) is 0 Å². The number of ether oxygens (including phenoxy) is 1. The number of amides is 2. The largest absolute Gasteiger partial charge is 0.465 e. The van der Waals surface area contributed by atoms with Gasteiger partial charge in [-0.1, -0.05) is 30.3 Å². The number of hydrogen-bond donors (Lipinski definition) is 2. The topological polar surface area (TPSA) is 84.5 Å². The molecule has 124 valence electrons. The average molecular weight is 326 g/mol. The van der Waals surface area contributed by atoms with Gasteiger partial charge < -0.3 is 4.74 Å². The van der Waals surface area contributed by atoms with E-state index in [1.54, 1.807) is 0 Å². The normalized spacial score (nSPS) is 9.88. The van der Waals surface area contributed by atoms with Gasteiger partial charge in [-0.15, -0.1) is 0 Å². The molecule has 0 aliphatic heterocycles. The highest BCUT2D eigenvalue weighted by Gasteiger charge is 2.10. The molecule has 0 spiro atoms. The Hall–Kier alpha value is -3.15. The fraction of sp³-hybridized carbons (Fsp3) is 0.167. The lowest BCUT2D eigenvalue weighted by Crippen LogP contribution is -2.41. The number of carbonyl (C=O) groups excluding carboxylic acids is 3. The molecule has 0 unspecified atom stereocenters. The van der Waals surface area contributed by atoms with Crippen molar-refractivity contribution < 1.29 is 19.1 Å². The molecule has 0 saturated heterocycles. The maximum absolute atomic E-state index is 11.9. The quantitative estimate of drug-likeness (QED) is 0.649. The zero-order chi connectivity index (χ0) is 17.4. The van der Waals surface area contributed by atoms with Crippen LogP contribution in [0.15, 0.2) is 54.6 Å². The molecule has 0 aliphatic rings. The van der Waals surface area contributed by atoms with Crippen molar-refractivity contribution in [1.82, 2.24) is 10.9 Å². The Labute approximate surface area is 139 Å². The van der Waals surface area contributed by atoms with Gasteiger partial charge in [0.05, 0.1) is 12.7 Å². The predicted octanol–water partition coefficient (Wildman–Crippen LogP) is 1.87. The molecule has 2 N–H and O–H groups in total. The number of esters is 1. The zero-order valence-electron chi connectivity index (χ0n) is 13.2. The first-order chi connectivity index (χ1) is 11.6. The summed E-state index contributed by atoms with van der Waals surface area (Å²) >= 11 is 0. The van der Waals surface area contributed by atoms with Crippen molar-refractivity contribution in [3.63, 3.8) is 0 Å². The highest BCUT2D eigenvalue weighted by molar-refractivity contribution is 5.97. The molecule has 0 saturated carbocycles. The summed E-state index contributed by atoms with van der Waals surface area (Å²) in [4.78, 5) is 35.0. The number of carbonyl (C=O) groups is 3. The second-order valence-corrected chi connectivity index (χ2v) is 5.06.